The van der Waals surface area contributed by atoms with Gasteiger partial charge >= 0.3 is 5.97 Å². The molecule has 0 amide bonds. The number of benzene rings is 3. The molecule has 0 radical (unpaired) electrons. The zero-order valence-electron chi connectivity index (χ0n) is 32.3. The second kappa shape index (κ2) is 23.2. The Morgan fingerprint density at radius 1 is 0.660 bits per heavy atom. The van der Waals surface area contributed by atoms with E-state index < -0.39 is 6.10 Å². The van der Waals surface area contributed by atoms with Crippen molar-refractivity contribution in [1.82, 2.24) is 5.32 Å². The monoisotopic (exact) mass is 686 g/mol. The van der Waals surface area contributed by atoms with Crippen LogP contribution in [0.25, 0.3) is 0 Å². The summed E-state index contributed by atoms with van der Waals surface area (Å²) in [6, 6.07) is 22.1. The van der Waals surface area contributed by atoms with Gasteiger partial charge in [0.25, 0.3) is 0 Å². The number of hydrogen-bond acceptors (Lipinski definition) is 5. The van der Waals surface area contributed by atoms with E-state index >= 15 is 0 Å². The van der Waals surface area contributed by atoms with Crippen LogP contribution in [-0.4, -0.2) is 18.1 Å². The third-order valence-corrected chi connectivity index (χ3v) is 9.20. The summed E-state index contributed by atoms with van der Waals surface area (Å²) in [7, 11) is 0. The van der Waals surface area contributed by atoms with Gasteiger partial charge in [0.2, 0.25) is 0 Å². The molecule has 3 rings (SSSR count). The zero-order valence-corrected chi connectivity index (χ0v) is 32.3. The van der Waals surface area contributed by atoms with Crippen molar-refractivity contribution in [1.29, 1.82) is 0 Å². The van der Waals surface area contributed by atoms with Crippen LogP contribution in [0.15, 0.2) is 66.7 Å². The molecule has 0 aliphatic heterocycles. The summed E-state index contributed by atoms with van der Waals surface area (Å²) in [5, 5.41) is 3.55. The molecule has 0 spiro atoms. The average Bonchev–Trinajstić information content (AvgIpc) is 3.09. The lowest BCUT2D eigenvalue weighted by molar-refractivity contribution is -0.149. The van der Waals surface area contributed by atoms with Crippen LogP contribution >= 0.6 is 0 Å². The Bertz CT molecular complexity index is 1340. The fourth-order valence-corrected chi connectivity index (χ4v) is 6.03. The Labute approximate surface area is 304 Å². The number of rotatable bonds is 25. The molecule has 5 nitrogen and oxygen atoms in total. The van der Waals surface area contributed by atoms with Crippen molar-refractivity contribution >= 4 is 5.97 Å². The quantitative estimate of drug-likeness (QED) is 0.0710. The van der Waals surface area contributed by atoms with E-state index in [4.69, 9.17) is 14.2 Å². The second-order valence-electron chi connectivity index (χ2n) is 15.2. The number of unbranched alkanes of at least 4 members (excludes halogenated alkanes) is 14. The molecule has 0 fully saturated rings. The Kier molecular flexibility index (Phi) is 19.1. The van der Waals surface area contributed by atoms with Gasteiger partial charge in [0.05, 0.1) is 0 Å². The Hall–Kier alpha value is -3.31. The predicted molar refractivity (Wildman–Crippen MR) is 209 cm³/mol. The number of carbonyl (C=O) groups excluding carboxylic acids is 1. The smallest absolute Gasteiger partial charge is 0.306 e. The van der Waals surface area contributed by atoms with Gasteiger partial charge in [-0.3, -0.25) is 4.79 Å². The molecule has 5 heteroatoms. The van der Waals surface area contributed by atoms with Gasteiger partial charge in [-0.15, -0.1) is 0 Å². The molecule has 0 saturated carbocycles. The van der Waals surface area contributed by atoms with Gasteiger partial charge in [0, 0.05) is 24.1 Å². The van der Waals surface area contributed by atoms with Crippen molar-refractivity contribution in [3.63, 3.8) is 0 Å². The van der Waals surface area contributed by atoms with Gasteiger partial charge in [0.15, 0.2) is 0 Å². The van der Waals surface area contributed by atoms with E-state index in [2.05, 4.69) is 52.9 Å². The van der Waals surface area contributed by atoms with Gasteiger partial charge < -0.3 is 19.5 Å². The Morgan fingerprint density at radius 3 is 1.68 bits per heavy atom. The summed E-state index contributed by atoms with van der Waals surface area (Å²) in [6.07, 6.45) is 19.6. The van der Waals surface area contributed by atoms with Crippen LogP contribution in [0.3, 0.4) is 0 Å². The summed E-state index contributed by atoms with van der Waals surface area (Å²) in [6.45, 7) is 13.6. The topological polar surface area (TPSA) is 56.8 Å². The molecule has 3 aromatic rings. The van der Waals surface area contributed by atoms with Crippen molar-refractivity contribution in [2.75, 3.05) is 6.54 Å². The molecule has 0 aromatic heterocycles. The molecule has 0 aliphatic carbocycles. The van der Waals surface area contributed by atoms with E-state index in [0.29, 0.717) is 19.6 Å². The number of esters is 1. The number of nitrogens with one attached hydrogen (secondary N) is 1. The van der Waals surface area contributed by atoms with Crippen molar-refractivity contribution < 1.29 is 19.0 Å². The molecule has 0 heterocycles. The minimum Gasteiger partial charge on any atom is -0.489 e. The van der Waals surface area contributed by atoms with Gasteiger partial charge in [-0.25, -0.2) is 0 Å². The molecule has 0 aliphatic rings. The molecule has 1 atom stereocenters. The van der Waals surface area contributed by atoms with Crippen LogP contribution in [0.1, 0.15) is 159 Å². The largest absolute Gasteiger partial charge is 0.489 e. The molecular formula is C45H67NO4. The first-order chi connectivity index (χ1) is 24.1. The van der Waals surface area contributed by atoms with Crippen LogP contribution in [0, 0.1) is 13.8 Å². The summed E-state index contributed by atoms with van der Waals surface area (Å²) in [5.74, 6) is 2.14. The maximum absolute atomic E-state index is 13.1. The highest BCUT2D eigenvalue weighted by Crippen LogP contribution is 2.31. The molecule has 0 saturated heterocycles. The van der Waals surface area contributed by atoms with Crippen LogP contribution in [-0.2, 0) is 16.1 Å². The molecule has 50 heavy (non-hydrogen) atoms. The molecule has 276 valence electrons. The summed E-state index contributed by atoms with van der Waals surface area (Å²) in [5.41, 5.74) is 4.05. The fraction of sp³-hybridized carbons (Fsp3) is 0.578. The van der Waals surface area contributed by atoms with Crippen molar-refractivity contribution in [2.45, 2.75) is 163 Å². The standard InChI is InChI=1S/C45H67NO4/c1-7-8-9-10-11-12-13-14-15-16-17-18-19-20-21-22-44(47)50-43(34-46-45(4,5)6)38-27-32-42(49-41-30-25-37(3)26-31-41)39(33-38)35-48-40-28-23-36(2)24-29-40/h23-33,43,46H,7-22,34-35H2,1-6H3. The minimum atomic E-state index is -0.426. The number of ether oxygens (including phenoxy) is 3. The van der Waals surface area contributed by atoms with Crippen LogP contribution in [0.2, 0.25) is 0 Å². The molecular weight excluding hydrogens is 618 g/mol. The lowest BCUT2D eigenvalue weighted by atomic mass is 10.0. The van der Waals surface area contributed by atoms with E-state index in [1.807, 2.05) is 60.7 Å². The third-order valence-electron chi connectivity index (χ3n) is 9.20. The molecule has 1 unspecified atom stereocenters. The predicted octanol–water partition coefficient (Wildman–Crippen LogP) is 12.9. The van der Waals surface area contributed by atoms with E-state index in [1.54, 1.807) is 0 Å². The van der Waals surface area contributed by atoms with Gasteiger partial charge in [-0.05, 0) is 83.0 Å². The van der Waals surface area contributed by atoms with Gasteiger partial charge in [-0.1, -0.05) is 138 Å². The van der Waals surface area contributed by atoms with Crippen LogP contribution in [0.5, 0.6) is 17.2 Å². The first-order valence-electron chi connectivity index (χ1n) is 19.6. The van der Waals surface area contributed by atoms with Crippen molar-refractivity contribution in [3.8, 4) is 17.2 Å². The first-order valence-corrected chi connectivity index (χ1v) is 19.6. The molecule has 3 aromatic carbocycles. The highest BCUT2D eigenvalue weighted by atomic mass is 16.5. The number of carbonyl (C=O) groups is 1. The minimum absolute atomic E-state index is 0.120. The SMILES string of the molecule is CCCCCCCCCCCCCCCCCC(=O)OC(CNC(C)(C)C)c1ccc(Oc2ccc(C)cc2)c(COc2ccc(C)cc2)c1. The van der Waals surface area contributed by atoms with Gasteiger partial charge in [0.1, 0.15) is 30.0 Å². The summed E-state index contributed by atoms with van der Waals surface area (Å²) >= 11 is 0. The second-order valence-corrected chi connectivity index (χ2v) is 15.2. The number of hydrogen-bond donors (Lipinski definition) is 1. The van der Waals surface area contributed by atoms with E-state index in [-0.39, 0.29) is 11.5 Å². The lowest BCUT2D eigenvalue weighted by Crippen LogP contribution is -2.39. The highest BCUT2D eigenvalue weighted by molar-refractivity contribution is 5.69. The fourth-order valence-electron chi connectivity index (χ4n) is 6.03. The average molecular weight is 686 g/mol. The first kappa shape index (κ1) is 41.1. The van der Waals surface area contributed by atoms with E-state index in [0.717, 1.165) is 41.2 Å². The van der Waals surface area contributed by atoms with E-state index in [9.17, 15) is 4.79 Å². The summed E-state index contributed by atoms with van der Waals surface area (Å²) in [4.78, 5) is 13.1. The molecule has 0 bridgehead atoms. The highest BCUT2D eigenvalue weighted by Gasteiger charge is 2.22. The maximum atomic E-state index is 13.1. The van der Waals surface area contributed by atoms with Crippen molar-refractivity contribution in [3.05, 3.63) is 89.0 Å². The van der Waals surface area contributed by atoms with Gasteiger partial charge in [-0.2, -0.15) is 0 Å². The van der Waals surface area contributed by atoms with E-state index in [1.165, 1.54) is 94.6 Å². The summed E-state index contributed by atoms with van der Waals surface area (Å²) < 4.78 is 18.7. The van der Waals surface area contributed by atoms with Crippen LogP contribution in [0.4, 0.5) is 0 Å². The molecule has 1 N–H and O–H groups in total. The maximum Gasteiger partial charge on any atom is 0.306 e. The Morgan fingerprint density at radius 2 is 1.16 bits per heavy atom. The number of aryl methyl sites for hydroxylation is 2. The van der Waals surface area contributed by atoms with Crippen molar-refractivity contribution in [2.24, 2.45) is 0 Å². The normalized spacial score (nSPS) is 12.1. The lowest BCUT2D eigenvalue weighted by Gasteiger charge is -2.26. The third kappa shape index (κ3) is 17.6. The van der Waals surface area contributed by atoms with Crippen LogP contribution < -0.4 is 14.8 Å². The Balaban J connectivity index is 1.53. The zero-order chi connectivity index (χ0) is 36.0.